The van der Waals surface area contributed by atoms with E-state index in [1.165, 1.54) is 28.8 Å². The minimum Gasteiger partial charge on any atom is -0.358 e. The predicted molar refractivity (Wildman–Crippen MR) is 66.9 cm³/mol. The van der Waals surface area contributed by atoms with Gasteiger partial charge in [-0.05, 0) is 23.8 Å². The highest BCUT2D eigenvalue weighted by atomic mass is 32.3. The van der Waals surface area contributed by atoms with Gasteiger partial charge in [-0.15, -0.1) is 0 Å². The summed E-state index contributed by atoms with van der Waals surface area (Å²) in [5.74, 6) is -0.135. The highest BCUT2D eigenvalue weighted by Gasteiger charge is 2.09. The van der Waals surface area contributed by atoms with Crippen LogP contribution in [0.3, 0.4) is 0 Å². The topological polar surface area (TPSA) is 65.4 Å². The van der Waals surface area contributed by atoms with E-state index in [2.05, 4.69) is 4.18 Å². The molecule has 0 aliphatic carbocycles. The molecule has 2 aromatic rings. The fraction of sp³-hybridized carbons (Fsp3) is 0.0833. The summed E-state index contributed by atoms with van der Waals surface area (Å²) in [7, 11) is -5.04. The average Bonchev–Trinajstić information content (AvgIpc) is 2.30. The number of hydrogen-bond acceptors (Lipinski definition) is 4. The zero-order valence-electron chi connectivity index (χ0n) is 9.69. The van der Waals surface area contributed by atoms with Crippen LogP contribution in [0.5, 0.6) is 5.75 Å². The molecule has 1 aromatic heterocycles. The Balaban J connectivity index is 2.25. The highest BCUT2D eigenvalue weighted by Crippen LogP contribution is 2.16. The number of benzene rings is 1. The normalized spacial score (nSPS) is 11.2. The van der Waals surface area contributed by atoms with E-state index in [1.54, 1.807) is 24.4 Å². The van der Waals surface area contributed by atoms with Gasteiger partial charge in [-0.2, -0.15) is 8.42 Å². The summed E-state index contributed by atoms with van der Waals surface area (Å²) in [4.78, 5) is 11.5. The van der Waals surface area contributed by atoms with E-state index < -0.39 is 10.5 Å². The van der Waals surface area contributed by atoms with Gasteiger partial charge in [0.1, 0.15) is 5.75 Å². The minimum atomic E-state index is -5.04. The Morgan fingerprint density at radius 1 is 1.16 bits per heavy atom. The summed E-state index contributed by atoms with van der Waals surface area (Å²) < 4.78 is 38.7. The van der Waals surface area contributed by atoms with Crippen molar-refractivity contribution in [1.82, 2.24) is 4.57 Å². The summed E-state index contributed by atoms with van der Waals surface area (Å²) in [6, 6.07) is 10.6. The molecule has 0 radical (unpaired) electrons. The molecule has 100 valence electrons. The summed E-state index contributed by atoms with van der Waals surface area (Å²) in [5, 5.41) is 0. The molecule has 0 saturated heterocycles. The van der Waals surface area contributed by atoms with E-state index in [-0.39, 0.29) is 17.9 Å². The van der Waals surface area contributed by atoms with Crippen LogP contribution in [0.25, 0.3) is 0 Å². The smallest absolute Gasteiger partial charge is 0.358 e. The zero-order valence-corrected chi connectivity index (χ0v) is 10.5. The van der Waals surface area contributed by atoms with Gasteiger partial charge in [-0.1, -0.05) is 22.1 Å². The average molecular weight is 283 g/mol. The number of nitrogens with zero attached hydrogens (tertiary/aromatic N) is 1. The molecule has 0 bridgehead atoms. The van der Waals surface area contributed by atoms with Gasteiger partial charge in [-0.25, -0.2) is 0 Å². The van der Waals surface area contributed by atoms with Crippen LogP contribution in [0, 0.1) is 0 Å². The molecule has 1 heterocycles. The minimum absolute atomic E-state index is 0.135. The van der Waals surface area contributed by atoms with Crippen LogP contribution in [-0.4, -0.2) is 13.0 Å². The molecule has 0 spiro atoms. The Morgan fingerprint density at radius 2 is 1.95 bits per heavy atom. The van der Waals surface area contributed by atoms with Crippen LogP contribution in [0.2, 0.25) is 0 Å². The fourth-order valence-corrected chi connectivity index (χ4v) is 1.93. The molecular formula is C12H10FNO4S. The van der Waals surface area contributed by atoms with E-state index in [9.17, 15) is 17.1 Å². The van der Waals surface area contributed by atoms with Crippen molar-refractivity contribution in [2.45, 2.75) is 6.54 Å². The number of halogens is 1. The molecule has 0 fully saturated rings. The van der Waals surface area contributed by atoms with E-state index >= 15 is 0 Å². The molecule has 0 aliphatic rings. The molecule has 0 atom stereocenters. The first-order valence-corrected chi connectivity index (χ1v) is 6.63. The summed E-state index contributed by atoms with van der Waals surface area (Å²) in [6.07, 6.45) is 1.60. The van der Waals surface area contributed by atoms with Crippen molar-refractivity contribution in [2.75, 3.05) is 0 Å². The number of hydrogen-bond donors (Lipinski definition) is 0. The van der Waals surface area contributed by atoms with Crippen LogP contribution < -0.4 is 9.74 Å². The first-order valence-electron chi connectivity index (χ1n) is 5.32. The molecule has 5 nitrogen and oxygen atoms in total. The van der Waals surface area contributed by atoms with Crippen molar-refractivity contribution in [3.05, 3.63) is 64.6 Å². The van der Waals surface area contributed by atoms with Crippen molar-refractivity contribution in [3.63, 3.8) is 0 Å². The molecule has 0 unspecified atom stereocenters. The van der Waals surface area contributed by atoms with Gasteiger partial charge in [0.2, 0.25) is 0 Å². The molecule has 2 rings (SSSR count). The van der Waals surface area contributed by atoms with Crippen molar-refractivity contribution in [2.24, 2.45) is 0 Å². The van der Waals surface area contributed by atoms with Crippen LogP contribution in [-0.2, 0) is 17.0 Å². The second-order valence-electron chi connectivity index (χ2n) is 3.79. The van der Waals surface area contributed by atoms with Gasteiger partial charge in [0.25, 0.3) is 5.56 Å². The van der Waals surface area contributed by atoms with E-state index in [0.29, 0.717) is 5.56 Å². The lowest BCUT2D eigenvalue weighted by atomic mass is 10.2. The summed E-state index contributed by atoms with van der Waals surface area (Å²) in [6.45, 7) is 0.239. The van der Waals surface area contributed by atoms with Crippen LogP contribution in [0.15, 0.2) is 53.5 Å². The largest absolute Gasteiger partial charge is 0.488 e. The van der Waals surface area contributed by atoms with E-state index in [1.807, 2.05) is 0 Å². The van der Waals surface area contributed by atoms with Crippen LogP contribution in [0.4, 0.5) is 3.89 Å². The fourth-order valence-electron chi connectivity index (χ4n) is 1.60. The second kappa shape index (κ2) is 5.23. The zero-order chi connectivity index (χ0) is 13.9. The van der Waals surface area contributed by atoms with E-state index in [0.717, 1.165) is 0 Å². The lowest BCUT2D eigenvalue weighted by Crippen LogP contribution is -2.18. The van der Waals surface area contributed by atoms with Crippen LogP contribution in [0.1, 0.15) is 5.56 Å². The maximum atomic E-state index is 12.4. The number of rotatable bonds is 4. The molecule has 1 aromatic carbocycles. The molecule has 0 aliphatic heterocycles. The number of aromatic nitrogens is 1. The Kier molecular flexibility index (Phi) is 3.66. The molecule has 0 N–H and O–H groups in total. The third kappa shape index (κ3) is 3.92. The van der Waals surface area contributed by atoms with Gasteiger partial charge in [0, 0.05) is 12.3 Å². The number of pyridine rings is 1. The van der Waals surface area contributed by atoms with Crippen molar-refractivity contribution in [3.8, 4) is 5.75 Å². The first-order chi connectivity index (χ1) is 8.94. The quantitative estimate of drug-likeness (QED) is 0.797. The van der Waals surface area contributed by atoms with Gasteiger partial charge >= 0.3 is 10.5 Å². The third-order valence-corrected chi connectivity index (χ3v) is 2.74. The SMILES string of the molecule is O=c1ccccn1Cc1cccc(OS(=O)(=O)F)c1. The van der Waals surface area contributed by atoms with Crippen molar-refractivity contribution >= 4 is 10.5 Å². The maximum absolute atomic E-state index is 12.4. The summed E-state index contributed by atoms with van der Waals surface area (Å²) >= 11 is 0. The first kappa shape index (κ1) is 13.3. The molecule has 0 saturated carbocycles. The van der Waals surface area contributed by atoms with Gasteiger partial charge in [-0.3, -0.25) is 4.79 Å². The molecule has 0 amide bonds. The van der Waals surface area contributed by atoms with Gasteiger partial charge in [0.15, 0.2) is 0 Å². The second-order valence-corrected chi connectivity index (χ2v) is 4.74. The predicted octanol–water partition coefficient (Wildman–Crippen LogP) is 1.49. The Hall–Kier alpha value is -2.15. The lowest BCUT2D eigenvalue weighted by Gasteiger charge is -2.06. The van der Waals surface area contributed by atoms with Gasteiger partial charge < -0.3 is 8.75 Å². The Labute approximate surface area is 109 Å². The standard InChI is InChI=1S/C12H10FNO4S/c13-19(16,17)18-11-5-3-4-10(8-11)9-14-7-2-1-6-12(14)15/h1-8H,9H2. The lowest BCUT2D eigenvalue weighted by molar-refractivity contribution is 0.440. The monoisotopic (exact) mass is 283 g/mol. The molecule has 7 heteroatoms. The van der Waals surface area contributed by atoms with Crippen LogP contribution >= 0.6 is 0 Å². The van der Waals surface area contributed by atoms with Gasteiger partial charge in [0.05, 0.1) is 6.54 Å². The highest BCUT2D eigenvalue weighted by molar-refractivity contribution is 7.81. The van der Waals surface area contributed by atoms with E-state index in [4.69, 9.17) is 0 Å². The summed E-state index contributed by atoms with van der Waals surface area (Å²) in [5.41, 5.74) is 0.432. The third-order valence-electron chi connectivity index (χ3n) is 2.35. The molecular weight excluding hydrogens is 273 g/mol. The Morgan fingerprint density at radius 3 is 2.63 bits per heavy atom. The maximum Gasteiger partial charge on any atom is 0.488 e. The Bertz CT molecular complexity index is 739. The van der Waals surface area contributed by atoms with Crippen molar-refractivity contribution < 1.29 is 16.5 Å². The molecule has 19 heavy (non-hydrogen) atoms. The van der Waals surface area contributed by atoms with Crippen molar-refractivity contribution in [1.29, 1.82) is 0 Å².